The third-order valence-corrected chi connectivity index (χ3v) is 4.43. The molecule has 1 aliphatic rings. The van der Waals surface area contributed by atoms with E-state index in [-0.39, 0.29) is 17.3 Å². The number of non-ortho nitro benzene ring substituents is 1. The van der Waals surface area contributed by atoms with Crippen LogP contribution in [-0.2, 0) is 9.53 Å². The molecule has 0 N–H and O–H groups in total. The average molecular weight is 379 g/mol. The van der Waals surface area contributed by atoms with Gasteiger partial charge in [0, 0.05) is 32.4 Å². The van der Waals surface area contributed by atoms with Crippen LogP contribution in [-0.4, -0.2) is 16.8 Å². The highest BCUT2D eigenvalue weighted by atomic mass is 79.9. The first kappa shape index (κ1) is 14.6. The van der Waals surface area contributed by atoms with Gasteiger partial charge in [0.2, 0.25) is 5.90 Å². The van der Waals surface area contributed by atoms with Gasteiger partial charge in [0.05, 0.1) is 4.92 Å². The Morgan fingerprint density at radius 2 is 2.18 bits per heavy atom. The number of nitro benzene ring substituents is 1. The molecule has 0 amide bonds. The van der Waals surface area contributed by atoms with Gasteiger partial charge in [0.25, 0.3) is 5.69 Å². The fourth-order valence-electron chi connectivity index (χ4n) is 1.82. The van der Waals surface area contributed by atoms with Crippen LogP contribution in [0.15, 0.2) is 50.9 Å². The zero-order valence-corrected chi connectivity index (χ0v) is 13.3. The van der Waals surface area contributed by atoms with Crippen molar-refractivity contribution in [1.82, 2.24) is 0 Å². The number of aliphatic imine (C=N–C) groups is 1. The minimum absolute atomic E-state index is 0.0653. The van der Waals surface area contributed by atoms with Gasteiger partial charge in [-0.2, -0.15) is 0 Å². The maximum absolute atomic E-state index is 11.8. The number of nitro groups is 1. The largest absolute Gasteiger partial charge is 0.402 e. The number of hydrogen-bond acceptors (Lipinski definition) is 6. The Bertz CT molecular complexity index is 841. The molecule has 1 aliphatic heterocycles. The molecule has 0 bridgehead atoms. The van der Waals surface area contributed by atoms with Crippen LogP contribution < -0.4 is 0 Å². The normalized spacial score (nSPS) is 15.8. The van der Waals surface area contributed by atoms with Gasteiger partial charge in [-0.05, 0) is 34.1 Å². The molecule has 110 valence electrons. The summed E-state index contributed by atoms with van der Waals surface area (Å²) in [5.74, 6) is -0.512. The van der Waals surface area contributed by atoms with Gasteiger partial charge in [-0.1, -0.05) is 6.07 Å². The highest BCUT2D eigenvalue weighted by Crippen LogP contribution is 2.25. The summed E-state index contributed by atoms with van der Waals surface area (Å²) in [5.41, 5.74) is 0.463. The predicted molar refractivity (Wildman–Crippen MR) is 85.7 cm³/mol. The molecule has 3 rings (SSSR count). The molecule has 2 aromatic rings. The Labute approximate surface area is 137 Å². The molecule has 0 fully saturated rings. The van der Waals surface area contributed by atoms with Gasteiger partial charge in [-0.15, -0.1) is 11.3 Å². The topological polar surface area (TPSA) is 81.8 Å². The van der Waals surface area contributed by atoms with Crippen molar-refractivity contribution in [2.24, 2.45) is 4.99 Å². The standard InChI is InChI=1S/C14H7BrN2O4S/c15-9-5-11(22-7-9)6-12-14(18)21-13(16-12)8-2-1-3-10(4-8)17(19)20/h1-7H/b12-6-. The summed E-state index contributed by atoms with van der Waals surface area (Å²) in [6, 6.07) is 7.65. The summed E-state index contributed by atoms with van der Waals surface area (Å²) < 4.78 is 6.00. The number of carbonyl (C=O) groups is 1. The number of nitrogens with zero attached hydrogens (tertiary/aromatic N) is 2. The second-order valence-electron chi connectivity index (χ2n) is 4.31. The average Bonchev–Trinajstić information content (AvgIpc) is 3.06. The van der Waals surface area contributed by atoms with E-state index in [9.17, 15) is 14.9 Å². The van der Waals surface area contributed by atoms with Crippen molar-refractivity contribution in [3.63, 3.8) is 0 Å². The maximum atomic E-state index is 11.8. The molecule has 22 heavy (non-hydrogen) atoms. The van der Waals surface area contributed by atoms with Crippen molar-refractivity contribution in [1.29, 1.82) is 0 Å². The summed E-state index contributed by atoms with van der Waals surface area (Å²) >= 11 is 4.78. The molecule has 0 saturated heterocycles. The van der Waals surface area contributed by atoms with Gasteiger partial charge in [-0.3, -0.25) is 10.1 Å². The van der Waals surface area contributed by atoms with E-state index in [1.165, 1.54) is 29.5 Å². The fourth-order valence-corrected chi connectivity index (χ4v) is 3.19. The first-order chi connectivity index (χ1) is 10.5. The number of halogens is 1. The SMILES string of the molecule is O=C1OC(c2cccc([N+](=O)[O-])c2)=N/C1=C\c1cc(Br)cs1. The van der Waals surface area contributed by atoms with Crippen molar-refractivity contribution >= 4 is 50.9 Å². The van der Waals surface area contributed by atoms with Gasteiger partial charge in [0.15, 0.2) is 5.70 Å². The summed E-state index contributed by atoms with van der Waals surface area (Å²) in [4.78, 5) is 27.1. The van der Waals surface area contributed by atoms with E-state index in [1.54, 1.807) is 12.1 Å². The second kappa shape index (κ2) is 5.82. The highest BCUT2D eigenvalue weighted by Gasteiger charge is 2.25. The fraction of sp³-hybridized carbons (Fsp3) is 0. The quantitative estimate of drug-likeness (QED) is 0.352. The van der Waals surface area contributed by atoms with Crippen molar-refractivity contribution in [2.45, 2.75) is 0 Å². The van der Waals surface area contributed by atoms with Crippen molar-refractivity contribution < 1.29 is 14.5 Å². The van der Waals surface area contributed by atoms with Gasteiger partial charge in [-0.25, -0.2) is 9.79 Å². The van der Waals surface area contributed by atoms with Crippen LogP contribution >= 0.6 is 27.3 Å². The Morgan fingerprint density at radius 3 is 2.86 bits per heavy atom. The number of rotatable bonds is 3. The van der Waals surface area contributed by atoms with Gasteiger partial charge in [0.1, 0.15) is 0 Å². The van der Waals surface area contributed by atoms with Crippen LogP contribution in [0.2, 0.25) is 0 Å². The molecular formula is C14H7BrN2O4S. The number of benzene rings is 1. The van der Waals surface area contributed by atoms with Gasteiger partial charge < -0.3 is 4.74 Å². The summed E-state index contributed by atoms with van der Waals surface area (Å²) in [6.45, 7) is 0. The van der Waals surface area contributed by atoms with E-state index in [0.717, 1.165) is 9.35 Å². The molecule has 6 nitrogen and oxygen atoms in total. The van der Waals surface area contributed by atoms with Crippen LogP contribution in [0.5, 0.6) is 0 Å². The molecule has 0 spiro atoms. The minimum atomic E-state index is -0.578. The molecule has 0 atom stereocenters. The first-order valence-electron chi connectivity index (χ1n) is 6.04. The smallest absolute Gasteiger partial charge is 0.363 e. The Morgan fingerprint density at radius 1 is 1.36 bits per heavy atom. The summed E-state index contributed by atoms with van der Waals surface area (Å²) in [7, 11) is 0. The van der Waals surface area contributed by atoms with E-state index in [2.05, 4.69) is 20.9 Å². The van der Waals surface area contributed by atoms with Crippen LogP contribution in [0, 0.1) is 10.1 Å². The lowest BCUT2D eigenvalue weighted by Gasteiger charge is -1.98. The third kappa shape index (κ3) is 2.97. The number of thiophene rings is 1. The molecule has 8 heteroatoms. The first-order valence-corrected chi connectivity index (χ1v) is 7.71. The third-order valence-electron chi connectivity index (χ3n) is 2.79. The zero-order valence-electron chi connectivity index (χ0n) is 10.9. The molecule has 0 aliphatic carbocycles. The summed E-state index contributed by atoms with van der Waals surface area (Å²) in [5, 5.41) is 12.7. The number of carbonyl (C=O) groups excluding carboxylic acids is 1. The number of esters is 1. The van der Waals surface area contributed by atoms with E-state index < -0.39 is 10.9 Å². The van der Waals surface area contributed by atoms with Gasteiger partial charge >= 0.3 is 5.97 Å². The Hall–Kier alpha value is -2.32. The molecule has 0 radical (unpaired) electrons. The lowest BCUT2D eigenvalue weighted by atomic mass is 10.2. The number of ether oxygens (including phenoxy) is 1. The van der Waals surface area contributed by atoms with Crippen LogP contribution in [0.4, 0.5) is 5.69 Å². The number of hydrogen-bond donors (Lipinski definition) is 0. The maximum Gasteiger partial charge on any atom is 0.363 e. The van der Waals surface area contributed by atoms with Crippen molar-refractivity contribution in [2.75, 3.05) is 0 Å². The predicted octanol–water partition coefficient (Wildman–Crippen LogP) is 3.76. The molecular weight excluding hydrogens is 372 g/mol. The second-order valence-corrected chi connectivity index (χ2v) is 6.17. The molecule has 1 aromatic carbocycles. The van der Waals surface area contributed by atoms with Crippen molar-refractivity contribution in [3.05, 3.63) is 66.4 Å². The zero-order chi connectivity index (χ0) is 15.7. The van der Waals surface area contributed by atoms with Crippen molar-refractivity contribution in [3.8, 4) is 0 Å². The van der Waals surface area contributed by atoms with E-state index in [1.807, 2.05) is 11.4 Å². The van der Waals surface area contributed by atoms with Crippen LogP contribution in [0.1, 0.15) is 10.4 Å². The molecule has 2 heterocycles. The van der Waals surface area contributed by atoms with Crippen LogP contribution in [0.25, 0.3) is 6.08 Å². The molecule has 0 saturated carbocycles. The Balaban J connectivity index is 1.94. The lowest BCUT2D eigenvalue weighted by Crippen LogP contribution is -2.05. The lowest BCUT2D eigenvalue weighted by molar-refractivity contribution is -0.384. The highest BCUT2D eigenvalue weighted by molar-refractivity contribution is 9.10. The van der Waals surface area contributed by atoms with E-state index in [0.29, 0.717) is 5.56 Å². The number of cyclic esters (lactones) is 1. The van der Waals surface area contributed by atoms with Crippen LogP contribution in [0.3, 0.4) is 0 Å². The molecule has 0 unspecified atom stereocenters. The minimum Gasteiger partial charge on any atom is -0.402 e. The monoisotopic (exact) mass is 378 g/mol. The molecule has 1 aromatic heterocycles. The van der Waals surface area contributed by atoms with E-state index in [4.69, 9.17) is 4.74 Å². The van der Waals surface area contributed by atoms with E-state index >= 15 is 0 Å². The summed E-state index contributed by atoms with van der Waals surface area (Å²) in [6.07, 6.45) is 1.61. The Kier molecular flexibility index (Phi) is 3.86.